The van der Waals surface area contributed by atoms with Gasteiger partial charge < -0.3 is 4.90 Å². The summed E-state index contributed by atoms with van der Waals surface area (Å²) in [5, 5.41) is 1.45. The maximum Gasteiger partial charge on any atom is 0.263 e. The summed E-state index contributed by atoms with van der Waals surface area (Å²) >= 11 is 1.42. The second-order valence-electron chi connectivity index (χ2n) is 5.33. The average molecular weight is 316 g/mol. The minimum Gasteiger partial charge on any atom is -0.337 e. The smallest absolute Gasteiger partial charge is 0.263 e. The number of rotatable bonds is 3. The Morgan fingerprint density at radius 3 is 2.70 bits per heavy atom. The summed E-state index contributed by atoms with van der Waals surface area (Å²) in [4.78, 5) is 14.7. The van der Waals surface area contributed by atoms with Gasteiger partial charge in [-0.05, 0) is 36.8 Å². The van der Waals surface area contributed by atoms with Crippen molar-refractivity contribution in [3.8, 4) is 0 Å². The third-order valence-corrected chi connectivity index (χ3v) is 6.82. The van der Waals surface area contributed by atoms with E-state index in [0.717, 1.165) is 12.0 Å². The SMILES string of the molecule is Cc1csc(C(=O)N2CCC[C@H](S(=O)(=O)N(C)C)C2)c1. The molecule has 0 spiro atoms. The van der Waals surface area contributed by atoms with E-state index in [4.69, 9.17) is 0 Å². The number of likely N-dealkylation sites (tertiary alicyclic amines) is 1. The van der Waals surface area contributed by atoms with Crippen LogP contribution in [0, 0.1) is 6.92 Å². The lowest BCUT2D eigenvalue weighted by molar-refractivity contribution is 0.0731. The number of nitrogens with zero attached hydrogens (tertiary/aromatic N) is 2. The molecule has 0 N–H and O–H groups in total. The van der Waals surface area contributed by atoms with E-state index in [-0.39, 0.29) is 12.5 Å². The minimum absolute atomic E-state index is 0.0539. The Kier molecular flexibility index (Phi) is 4.51. The van der Waals surface area contributed by atoms with Crippen LogP contribution in [0.3, 0.4) is 0 Å². The molecule has 1 aliphatic heterocycles. The van der Waals surface area contributed by atoms with Crippen LogP contribution in [0.4, 0.5) is 0 Å². The van der Waals surface area contributed by atoms with Gasteiger partial charge in [0.15, 0.2) is 0 Å². The minimum atomic E-state index is -3.30. The molecule has 1 fully saturated rings. The van der Waals surface area contributed by atoms with Crippen molar-refractivity contribution < 1.29 is 13.2 Å². The van der Waals surface area contributed by atoms with Gasteiger partial charge in [0.05, 0.1) is 10.1 Å². The van der Waals surface area contributed by atoms with E-state index in [1.54, 1.807) is 19.0 Å². The normalized spacial score (nSPS) is 20.4. The van der Waals surface area contributed by atoms with Crippen molar-refractivity contribution >= 4 is 27.3 Å². The van der Waals surface area contributed by atoms with Crippen LogP contribution in [0.2, 0.25) is 0 Å². The van der Waals surface area contributed by atoms with Crippen molar-refractivity contribution in [3.63, 3.8) is 0 Å². The number of sulfonamides is 1. The van der Waals surface area contributed by atoms with E-state index in [1.165, 1.54) is 15.6 Å². The van der Waals surface area contributed by atoms with Gasteiger partial charge in [-0.15, -0.1) is 11.3 Å². The van der Waals surface area contributed by atoms with Crippen LogP contribution in [-0.2, 0) is 10.0 Å². The number of thiophene rings is 1. The zero-order chi connectivity index (χ0) is 14.9. The summed E-state index contributed by atoms with van der Waals surface area (Å²) in [7, 11) is -0.220. The molecule has 1 amide bonds. The number of aryl methyl sites for hydroxylation is 1. The zero-order valence-electron chi connectivity index (χ0n) is 12.0. The van der Waals surface area contributed by atoms with Crippen molar-refractivity contribution in [1.82, 2.24) is 9.21 Å². The predicted octanol–water partition coefficient (Wildman–Crippen LogP) is 1.55. The molecule has 1 aromatic heterocycles. The highest BCUT2D eigenvalue weighted by molar-refractivity contribution is 7.89. The molecule has 112 valence electrons. The Balaban J connectivity index is 2.13. The van der Waals surface area contributed by atoms with Gasteiger partial charge >= 0.3 is 0 Å². The van der Waals surface area contributed by atoms with E-state index in [9.17, 15) is 13.2 Å². The Morgan fingerprint density at radius 2 is 2.15 bits per heavy atom. The van der Waals surface area contributed by atoms with Crippen LogP contribution in [-0.4, -0.2) is 56.0 Å². The van der Waals surface area contributed by atoms with Crippen LogP contribution in [0.1, 0.15) is 28.1 Å². The monoisotopic (exact) mass is 316 g/mol. The van der Waals surface area contributed by atoms with E-state index >= 15 is 0 Å². The number of piperidine rings is 1. The summed E-state index contributed by atoms with van der Waals surface area (Å²) in [5.74, 6) is -0.0539. The molecule has 0 unspecified atom stereocenters. The molecule has 1 saturated heterocycles. The van der Waals surface area contributed by atoms with Crippen molar-refractivity contribution in [3.05, 3.63) is 21.9 Å². The summed E-state index contributed by atoms with van der Waals surface area (Å²) < 4.78 is 25.6. The van der Waals surface area contributed by atoms with Crippen molar-refractivity contribution in [2.24, 2.45) is 0 Å². The van der Waals surface area contributed by atoms with Gasteiger partial charge in [-0.3, -0.25) is 4.79 Å². The van der Waals surface area contributed by atoms with Gasteiger partial charge in [0, 0.05) is 27.2 Å². The number of carbonyl (C=O) groups excluding carboxylic acids is 1. The molecule has 1 atom stereocenters. The molecule has 0 aliphatic carbocycles. The van der Waals surface area contributed by atoms with Gasteiger partial charge in [0.25, 0.3) is 5.91 Å². The van der Waals surface area contributed by atoms with Crippen molar-refractivity contribution in [2.45, 2.75) is 25.0 Å². The molecule has 7 heteroatoms. The maximum absolute atomic E-state index is 12.4. The molecule has 2 rings (SSSR count). The standard InChI is InChI=1S/C13H20N2O3S2/c1-10-7-12(19-9-10)13(16)15-6-4-5-11(8-15)20(17,18)14(2)3/h7,9,11H,4-6,8H2,1-3H3/t11-/m0/s1. The van der Waals surface area contributed by atoms with Crippen molar-refractivity contribution in [2.75, 3.05) is 27.2 Å². The quantitative estimate of drug-likeness (QED) is 0.850. The fourth-order valence-corrected chi connectivity index (χ4v) is 4.66. The highest BCUT2D eigenvalue weighted by Gasteiger charge is 2.34. The first-order valence-electron chi connectivity index (χ1n) is 6.58. The van der Waals surface area contributed by atoms with Crippen LogP contribution in [0.25, 0.3) is 0 Å². The van der Waals surface area contributed by atoms with E-state index in [0.29, 0.717) is 17.8 Å². The molecule has 1 aromatic rings. The van der Waals surface area contributed by atoms with Gasteiger partial charge in [-0.1, -0.05) is 0 Å². The fourth-order valence-electron chi connectivity index (χ4n) is 2.36. The Labute approximate surface area is 124 Å². The maximum atomic E-state index is 12.4. The molecule has 0 saturated carbocycles. The predicted molar refractivity (Wildman–Crippen MR) is 80.6 cm³/mol. The third kappa shape index (κ3) is 3.05. The average Bonchev–Trinajstić information content (AvgIpc) is 2.84. The molecule has 0 aromatic carbocycles. The Hall–Kier alpha value is -0.920. The van der Waals surface area contributed by atoms with Gasteiger partial charge in [0.1, 0.15) is 0 Å². The Morgan fingerprint density at radius 1 is 1.45 bits per heavy atom. The first-order chi connectivity index (χ1) is 9.32. The lowest BCUT2D eigenvalue weighted by Gasteiger charge is -2.33. The van der Waals surface area contributed by atoms with Gasteiger partial charge in [-0.2, -0.15) is 0 Å². The van der Waals surface area contributed by atoms with E-state index in [2.05, 4.69) is 0 Å². The van der Waals surface area contributed by atoms with Crippen LogP contribution in [0.5, 0.6) is 0 Å². The molecule has 20 heavy (non-hydrogen) atoms. The van der Waals surface area contributed by atoms with Crippen LogP contribution < -0.4 is 0 Å². The van der Waals surface area contributed by atoms with Gasteiger partial charge in [0.2, 0.25) is 10.0 Å². The number of hydrogen-bond donors (Lipinski definition) is 0. The van der Waals surface area contributed by atoms with E-state index < -0.39 is 15.3 Å². The largest absolute Gasteiger partial charge is 0.337 e. The highest BCUT2D eigenvalue weighted by atomic mass is 32.2. The highest BCUT2D eigenvalue weighted by Crippen LogP contribution is 2.22. The van der Waals surface area contributed by atoms with Crippen molar-refractivity contribution in [1.29, 1.82) is 0 Å². The number of carbonyl (C=O) groups is 1. The molecular weight excluding hydrogens is 296 g/mol. The third-order valence-electron chi connectivity index (χ3n) is 3.54. The second-order valence-corrected chi connectivity index (χ2v) is 8.67. The lowest BCUT2D eigenvalue weighted by Crippen LogP contribution is -2.47. The lowest BCUT2D eigenvalue weighted by atomic mass is 10.1. The topological polar surface area (TPSA) is 57.7 Å². The molecule has 1 aliphatic rings. The molecular formula is C13H20N2O3S2. The Bertz CT molecular complexity index is 593. The fraction of sp³-hybridized carbons (Fsp3) is 0.615. The van der Waals surface area contributed by atoms with E-state index in [1.807, 2.05) is 18.4 Å². The summed E-state index contributed by atoms with van der Waals surface area (Å²) in [6.45, 7) is 2.87. The summed E-state index contributed by atoms with van der Waals surface area (Å²) in [6.07, 6.45) is 1.35. The summed E-state index contributed by atoms with van der Waals surface area (Å²) in [5.41, 5.74) is 1.06. The zero-order valence-corrected chi connectivity index (χ0v) is 13.6. The van der Waals surface area contributed by atoms with Crippen LogP contribution in [0.15, 0.2) is 11.4 Å². The number of hydrogen-bond acceptors (Lipinski definition) is 4. The number of amides is 1. The molecule has 5 nitrogen and oxygen atoms in total. The second kappa shape index (κ2) is 5.83. The van der Waals surface area contributed by atoms with Crippen LogP contribution >= 0.6 is 11.3 Å². The molecule has 0 bridgehead atoms. The van der Waals surface area contributed by atoms with Gasteiger partial charge in [-0.25, -0.2) is 12.7 Å². The molecule has 0 radical (unpaired) electrons. The summed E-state index contributed by atoms with van der Waals surface area (Å²) in [6, 6.07) is 1.86. The first-order valence-corrected chi connectivity index (χ1v) is 8.96. The first kappa shape index (κ1) is 15.5. The molecule has 2 heterocycles.